The first-order chi connectivity index (χ1) is 20.5. The Labute approximate surface area is 248 Å². The topological polar surface area (TPSA) is 162 Å². The number of H-pyrrole nitrogens is 1. The summed E-state index contributed by atoms with van der Waals surface area (Å²) in [4.78, 5) is 42.1. The van der Waals surface area contributed by atoms with Gasteiger partial charge in [0.1, 0.15) is 24.6 Å². The zero-order valence-corrected chi connectivity index (χ0v) is 25.2. The van der Waals surface area contributed by atoms with Crippen molar-refractivity contribution in [3.05, 3.63) is 82.9 Å². The van der Waals surface area contributed by atoms with E-state index >= 15 is 0 Å². The number of esters is 1. The second kappa shape index (κ2) is 14.2. The van der Waals surface area contributed by atoms with Gasteiger partial charge >= 0.3 is 13.7 Å². The monoisotopic (exact) mass is 611 g/mol. The number of hydrogen-bond donors (Lipinski definition) is 2. The molecule has 2 heterocycles. The first-order valence-corrected chi connectivity index (χ1v) is 14.8. The van der Waals surface area contributed by atoms with Gasteiger partial charge in [-0.1, -0.05) is 48.5 Å². The van der Waals surface area contributed by atoms with E-state index in [2.05, 4.69) is 25.0 Å². The van der Waals surface area contributed by atoms with E-state index in [1.165, 1.54) is 31.1 Å². The lowest BCUT2D eigenvalue weighted by atomic mass is 10.1. The molecule has 4 aromatic rings. The first kappa shape index (κ1) is 31.6. The van der Waals surface area contributed by atoms with Crippen molar-refractivity contribution in [1.82, 2.24) is 29.5 Å². The molecule has 1 unspecified atom stereocenters. The summed E-state index contributed by atoms with van der Waals surface area (Å²) >= 11 is 0. The summed E-state index contributed by atoms with van der Waals surface area (Å²) in [6.45, 7) is 2.90. The number of benzene rings is 2. The average molecular weight is 612 g/mol. The number of nitrogens with one attached hydrogen (secondary N) is 2. The highest BCUT2D eigenvalue weighted by atomic mass is 31.2. The van der Waals surface area contributed by atoms with Gasteiger partial charge in [0.15, 0.2) is 11.2 Å². The highest BCUT2D eigenvalue weighted by molar-refractivity contribution is 7.52. The van der Waals surface area contributed by atoms with Crippen molar-refractivity contribution in [2.45, 2.75) is 32.7 Å². The maximum Gasteiger partial charge on any atom is 0.459 e. The molecule has 0 bridgehead atoms. The van der Waals surface area contributed by atoms with E-state index in [9.17, 15) is 14.2 Å². The van der Waals surface area contributed by atoms with Crippen LogP contribution in [-0.4, -0.2) is 69.6 Å². The lowest BCUT2D eigenvalue weighted by Gasteiger charge is -2.29. The lowest BCUT2D eigenvalue weighted by Crippen LogP contribution is -2.47. The largest absolute Gasteiger partial charge is 0.459 e. The number of fused-ring (bicyclic) bond motifs is 1. The van der Waals surface area contributed by atoms with Crippen LogP contribution in [0.5, 0.6) is 5.75 Å². The maximum absolute atomic E-state index is 13.8. The van der Waals surface area contributed by atoms with Gasteiger partial charge in [0, 0.05) is 14.1 Å². The zero-order valence-electron chi connectivity index (χ0n) is 24.3. The van der Waals surface area contributed by atoms with Gasteiger partial charge in [0.25, 0.3) is 5.56 Å². The van der Waals surface area contributed by atoms with Crippen LogP contribution in [0.25, 0.3) is 11.2 Å². The average Bonchev–Trinajstić information content (AvgIpc) is 3.38. The van der Waals surface area contributed by atoms with Gasteiger partial charge in [0.2, 0.25) is 5.95 Å². The van der Waals surface area contributed by atoms with Gasteiger partial charge in [-0.15, -0.1) is 0 Å². The number of aromatic nitrogens is 4. The standard InChI is InChI=1S/C28H34N7O7P/c1-28(2,26(37)40-17-21-11-7-5-8-12-21)33-43(38,42-22-13-9-6-10-14-22)41-16-15-39-20-35-19-29-23-24(35)31-27(32-25(23)36)30-18-34(3)4/h5-14,18-19H,15-17,20H2,1-4H3,(H,33,38)(H,31,32,36)/b30-18+. The second-order valence-electron chi connectivity index (χ2n) is 10.1. The maximum atomic E-state index is 13.8. The van der Waals surface area contributed by atoms with Crippen LogP contribution in [0.15, 0.2) is 76.8 Å². The summed E-state index contributed by atoms with van der Waals surface area (Å²) in [6, 6.07) is 17.7. The van der Waals surface area contributed by atoms with Crippen molar-refractivity contribution in [1.29, 1.82) is 0 Å². The minimum atomic E-state index is -4.11. The van der Waals surface area contributed by atoms with Gasteiger partial charge in [-0.3, -0.25) is 23.7 Å². The van der Waals surface area contributed by atoms with E-state index in [0.717, 1.165) is 5.56 Å². The number of aromatic amines is 1. The van der Waals surface area contributed by atoms with Gasteiger partial charge < -0.3 is 18.9 Å². The van der Waals surface area contributed by atoms with Crippen LogP contribution in [-0.2, 0) is 36.7 Å². The number of nitrogens with zero attached hydrogens (tertiary/aromatic N) is 5. The molecule has 0 fully saturated rings. The fourth-order valence-corrected chi connectivity index (χ4v) is 5.29. The predicted octanol–water partition coefficient (Wildman–Crippen LogP) is 3.63. The summed E-state index contributed by atoms with van der Waals surface area (Å²) in [5.74, 6) is -0.246. The lowest BCUT2D eigenvalue weighted by molar-refractivity contribution is -0.151. The SMILES string of the molecule is CN(C)/C=N/c1nc2c(ncn2COCCOP(=O)(NC(C)(C)C(=O)OCc2ccccc2)Oc2ccccc2)c(=O)[nH]1. The number of hydrogen-bond acceptors (Lipinski definition) is 10. The summed E-state index contributed by atoms with van der Waals surface area (Å²) in [5.41, 5.74) is -0.637. The summed E-state index contributed by atoms with van der Waals surface area (Å²) in [7, 11) is -0.528. The predicted molar refractivity (Wildman–Crippen MR) is 160 cm³/mol. The molecule has 0 saturated carbocycles. The molecule has 0 saturated heterocycles. The molecular formula is C28H34N7O7P. The molecule has 0 spiro atoms. The number of rotatable bonds is 15. The van der Waals surface area contributed by atoms with Gasteiger partial charge in [-0.25, -0.2) is 14.5 Å². The van der Waals surface area contributed by atoms with E-state index in [0.29, 0.717) is 0 Å². The molecule has 0 aliphatic rings. The van der Waals surface area contributed by atoms with Crippen molar-refractivity contribution < 1.29 is 27.9 Å². The van der Waals surface area contributed by atoms with Gasteiger partial charge in [-0.05, 0) is 31.5 Å². The Morgan fingerprint density at radius 2 is 1.81 bits per heavy atom. The van der Waals surface area contributed by atoms with Crippen LogP contribution < -0.4 is 15.2 Å². The van der Waals surface area contributed by atoms with Crippen molar-refractivity contribution in [2.24, 2.45) is 4.99 Å². The van der Waals surface area contributed by atoms with Crippen LogP contribution in [0.1, 0.15) is 19.4 Å². The van der Waals surface area contributed by atoms with Crippen LogP contribution in [0.2, 0.25) is 0 Å². The fraction of sp³-hybridized carbons (Fsp3) is 0.321. The normalized spacial score (nSPS) is 13.2. The highest BCUT2D eigenvalue weighted by Gasteiger charge is 2.40. The van der Waals surface area contributed by atoms with Gasteiger partial charge in [0.05, 0.1) is 25.9 Å². The van der Waals surface area contributed by atoms with Crippen molar-refractivity contribution in [3.63, 3.8) is 0 Å². The number of aliphatic imine (C=N–C) groups is 1. The van der Waals surface area contributed by atoms with Crippen molar-refractivity contribution in [2.75, 3.05) is 27.3 Å². The molecule has 2 N–H and O–H groups in total. The molecule has 0 amide bonds. The molecule has 228 valence electrons. The smallest absolute Gasteiger partial charge is 0.459 e. The van der Waals surface area contributed by atoms with Gasteiger partial charge in [-0.2, -0.15) is 10.1 Å². The third-order valence-corrected chi connectivity index (χ3v) is 7.51. The number of carbonyl (C=O) groups excluding carboxylic acids is 1. The van der Waals surface area contributed by atoms with Crippen molar-refractivity contribution >= 4 is 37.2 Å². The molecule has 0 radical (unpaired) electrons. The summed E-state index contributed by atoms with van der Waals surface area (Å²) in [5, 5.41) is 2.72. The molecule has 0 aliphatic carbocycles. The Balaban J connectivity index is 1.38. The minimum absolute atomic E-state index is 0.0167. The molecule has 2 aromatic carbocycles. The minimum Gasteiger partial charge on any atom is -0.459 e. The number of imidazole rings is 1. The Morgan fingerprint density at radius 3 is 2.51 bits per heavy atom. The van der Waals surface area contributed by atoms with Crippen LogP contribution in [0.3, 0.4) is 0 Å². The Kier molecular flexibility index (Phi) is 10.4. The van der Waals surface area contributed by atoms with Crippen LogP contribution in [0.4, 0.5) is 5.95 Å². The van der Waals surface area contributed by atoms with Crippen LogP contribution >= 0.6 is 7.75 Å². The number of carbonyl (C=O) groups is 1. The molecule has 14 nitrogen and oxygen atoms in total. The molecule has 1 atom stereocenters. The molecule has 43 heavy (non-hydrogen) atoms. The second-order valence-corrected chi connectivity index (χ2v) is 11.7. The third-order valence-electron chi connectivity index (χ3n) is 5.70. The van der Waals surface area contributed by atoms with E-state index in [1.807, 2.05) is 30.3 Å². The number of ether oxygens (including phenoxy) is 2. The highest BCUT2D eigenvalue weighted by Crippen LogP contribution is 2.46. The fourth-order valence-electron chi connectivity index (χ4n) is 3.64. The van der Waals surface area contributed by atoms with E-state index in [-0.39, 0.29) is 49.4 Å². The Bertz CT molecular complexity index is 1640. The molecule has 2 aromatic heterocycles. The molecule has 15 heteroatoms. The molecule has 4 rings (SSSR count). The van der Waals surface area contributed by atoms with E-state index in [4.69, 9.17) is 18.5 Å². The zero-order chi connectivity index (χ0) is 30.9. The quantitative estimate of drug-likeness (QED) is 0.0664. The molecular weight excluding hydrogens is 577 g/mol. The Morgan fingerprint density at radius 1 is 1.12 bits per heavy atom. The summed E-state index contributed by atoms with van der Waals surface area (Å²) in [6.07, 6.45) is 2.93. The third kappa shape index (κ3) is 9.06. The first-order valence-electron chi connectivity index (χ1n) is 13.3. The van der Waals surface area contributed by atoms with Crippen LogP contribution in [0, 0.1) is 0 Å². The number of para-hydroxylation sites is 1. The van der Waals surface area contributed by atoms with Crippen molar-refractivity contribution in [3.8, 4) is 5.75 Å². The molecule has 0 aliphatic heterocycles. The van der Waals surface area contributed by atoms with E-state index in [1.54, 1.807) is 49.3 Å². The Hall–Kier alpha value is -4.36. The summed E-state index contributed by atoms with van der Waals surface area (Å²) < 4.78 is 37.8. The van der Waals surface area contributed by atoms with E-state index < -0.39 is 24.8 Å².